The van der Waals surface area contributed by atoms with E-state index in [2.05, 4.69) is 0 Å². The second-order valence-electron chi connectivity index (χ2n) is 5.02. The minimum absolute atomic E-state index is 0.163. The third-order valence-electron chi connectivity index (χ3n) is 3.39. The molecule has 21 heavy (non-hydrogen) atoms. The Balaban J connectivity index is 1.85. The molecule has 0 radical (unpaired) electrons. The number of aryl methyl sites for hydroxylation is 1. The largest absolute Gasteiger partial charge is 0.253 e. The first-order valence-corrected chi connectivity index (χ1v) is 10.5. The zero-order valence-electron chi connectivity index (χ0n) is 11.4. The van der Waals surface area contributed by atoms with E-state index < -0.39 is 10.0 Å². The lowest BCUT2D eigenvalue weighted by Crippen LogP contribution is -2.31. The molecule has 114 valence electrons. The number of halogens is 1. The summed E-state index contributed by atoms with van der Waals surface area (Å²) in [5.41, 5.74) is 0. The van der Waals surface area contributed by atoms with E-state index in [0.29, 0.717) is 16.6 Å². The number of thiophene rings is 2. The summed E-state index contributed by atoms with van der Waals surface area (Å²) in [6.45, 7) is 0.480. The SMILES string of the molecule is O=S(=O)(c1ccc(CCCl)s1)N(Cc1cccs1)C1CC1. The van der Waals surface area contributed by atoms with Crippen LogP contribution in [-0.4, -0.2) is 24.6 Å². The van der Waals surface area contributed by atoms with Crippen LogP contribution in [0.25, 0.3) is 0 Å². The molecule has 0 N–H and O–H groups in total. The number of hydrogen-bond acceptors (Lipinski definition) is 4. The average Bonchev–Trinajstić information content (AvgIpc) is 2.96. The summed E-state index contributed by atoms with van der Waals surface area (Å²) in [6.07, 6.45) is 2.64. The Morgan fingerprint density at radius 2 is 2.05 bits per heavy atom. The van der Waals surface area contributed by atoms with Crippen molar-refractivity contribution >= 4 is 44.3 Å². The quantitative estimate of drug-likeness (QED) is 0.700. The molecule has 3 rings (SSSR count). The molecule has 2 aromatic rings. The van der Waals surface area contributed by atoms with Gasteiger partial charge < -0.3 is 0 Å². The van der Waals surface area contributed by atoms with Gasteiger partial charge in [-0.05, 0) is 42.8 Å². The highest BCUT2D eigenvalue weighted by molar-refractivity contribution is 7.91. The van der Waals surface area contributed by atoms with E-state index in [-0.39, 0.29) is 6.04 Å². The molecular weight excluding hydrogens is 346 g/mol. The molecule has 1 fully saturated rings. The van der Waals surface area contributed by atoms with Gasteiger partial charge in [0.25, 0.3) is 10.0 Å². The molecule has 0 amide bonds. The van der Waals surface area contributed by atoms with Gasteiger partial charge in [-0.1, -0.05) is 6.07 Å². The molecule has 0 aromatic carbocycles. The lowest BCUT2D eigenvalue weighted by molar-refractivity contribution is 0.403. The monoisotopic (exact) mass is 361 g/mol. The molecule has 1 saturated carbocycles. The van der Waals surface area contributed by atoms with Gasteiger partial charge in [0, 0.05) is 28.2 Å². The molecule has 3 nitrogen and oxygen atoms in total. The number of sulfonamides is 1. The molecule has 7 heteroatoms. The van der Waals surface area contributed by atoms with Crippen molar-refractivity contribution < 1.29 is 8.42 Å². The zero-order valence-corrected chi connectivity index (χ0v) is 14.6. The van der Waals surface area contributed by atoms with Crippen LogP contribution in [0, 0.1) is 0 Å². The smallest absolute Gasteiger partial charge is 0.206 e. The Hall–Kier alpha value is -0.400. The first-order valence-electron chi connectivity index (χ1n) is 6.80. The van der Waals surface area contributed by atoms with Crippen LogP contribution in [0.1, 0.15) is 22.6 Å². The number of rotatable bonds is 7. The standard InChI is InChI=1S/C14H16ClNO2S3/c15-8-7-12-5-6-14(20-12)21(17,18)16(11-3-4-11)10-13-2-1-9-19-13/h1-2,5-6,9,11H,3-4,7-8,10H2. The van der Waals surface area contributed by atoms with Crippen LogP contribution in [0.5, 0.6) is 0 Å². The maximum Gasteiger partial charge on any atom is 0.253 e. The lowest BCUT2D eigenvalue weighted by Gasteiger charge is -2.20. The third-order valence-corrected chi connectivity index (χ3v) is 7.95. The van der Waals surface area contributed by atoms with E-state index >= 15 is 0 Å². The maximum atomic E-state index is 12.9. The van der Waals surface area contributed by atoms with Gasteiger partial charge in [-0.2, -0.15) is 4.31 Å². The molecule has 1 aliphatic rings. The molecule has 2 aromatic heterocycles. The second-order valence-corrected chi connectivity index (χ2v) is 9.72. The Morgan fingerprint density at radius 3 is 2.67 bits per heavy atom. The van der Waals surface area contributed by atoms with Gasteiger partial charge in [-0.3, -0.25) is 0 Å². The first kappa shape index (κ1) is 15.5. The van der Waals surface area contributed by atoms with Crippen molar-refractivity contribution in [2.45, 2.75) is 36.1 Å². The maximum absolute atomic E-state index is 12.9. The molecular formula is C14H16ClNO2S3. The Kier molecular flexibility index (Phi) is 4.71. The second kappa shape index (κ2) is 6.38. The van der Waals surface area contributed by atoms with Gasteiger partial charge in [-0.25, -0.2) is 8.42 Å². The third kappa shape index (κ3) is 3.51. The van der Waals surface area contributed by atoms with Gasteiger partial charge in [0.1, 0.15) is 4.21 Å². The van der Waals surface area contributed by atoms with Gasteiger partial charge in [0.05, 0.1) is 0 Å². The van der Waals surface area contributed by atoms with E-state index in [1.54, 1.807) is 21.7 Å². The van der Waals surface area contributed by atoms with Crippen molar-refractivity contribution in [2.24, 2.45) is 0 Å². The van der Waals surface area contributed by atoms with Crippen LogP contribution < -0.4 is 0 Å². The Bertz CT molecular complexity index is 690. The fourth-order valence-corrected chi connectivity index (χ4v) is 6.42. The van der Waals surface area contributed by atoms with E-state index in [0.717, 1.165) is 29.0 Å². The van der Waals surface area contributed by atoms with Crippen LogP contribution >= 0.6 is 34.3 Å². The molecule has 2 heterocycles. The summed E-state index contributed by atoms with van der Waals surface area (Å²) < 4.78 is 27.8. The van der Waals surface area contributed by atoms with Gasteiger partial charge in [0.15, 0.2) is 0 Å². The van der Waals surface area contributed by atoms with Crippen LogP contribution in [0.2, 0.25) is 0 Å². The summed E-state index contributed by atoms with van der Waals surface area (Å²) in [7, 11) is -3.40. The lowest BCUT2D eigenvalue weighted by atomic mass is 10.4. The van der Waals surface area contributed by atoms with Crippen LogP contribution in [-0.2, 0) is 23.0 Å². The average molecular weight is 362 g/mol. The van der Waals surface area contributed by atoms with Gasteiger partial charge >= 0.3 is 0 Å². The minimum atomic E-state index is -3.40. The zero-order chi connectivity index (χ0) is 14.9. The fourth-order valence-electron chi connectivity index (χ4n) is 2.17. The van der Waals surface area contributed by atoms with Crippen molar-refractivity contribution in [1.82, 2.24) is 4.31 Å². The minimum Gasteiger partial charge on any atom is -0.206 e. The van der Waals surface area contributed by atoms with E-state index in [1.165, 1.54) is 11.3 Å². The normalized spacial score (nSPS) is 15.7. The van der Waals surface area contributed by atoms with Crippen molar-refractivity contribution in [3.05, 3.63) is 39.4 Å². The summed E-state index contributed by atoms with van der Waals surface area (Å²) in [5, 5.41) is 1.98. The molecule has 1 aliphatic carbocycles. The highest BCUT2D eigenvalue weighted by atomic mass is 35.5. The van der Waals surface area contributed by atoms with E-state index in [9.17, 15) is 8.42 Å². The van der Waals surface area contributed by atoms with Crippen molar-refractivity contribution in [1.29, 1.82) is 0 Å². The van der Waals surface area contributed by atoms with Crippen molar-refractivity contribution in [3.63, 3.8) is 0 Å². The van der Waals surface area contributed by atoms with Crippen LogP contribution in [0.15, 0.2) is 33.9 Å². The van der Waals surface area contributed by atoms with E-state index in [4.69, 9.17) is 11.6 Å². The number of nitrogens with zero attached hydrogens (tertiary/aromatic N) is 1. The summed E-state index contributed by atoms with van der Waals surface area (Å²) >= 11 is 8.67. The molecule has 0 atom stereocenters. The first-order chi connectivity index (χ1) is 10.1. The highest BCUT2D eigenvalue weighted by Gasteiger charge is 2.38. The molecule has 0 bridgehead atoms. The Morgan fingerprint density at radius 1 is 1.24 bits per heavy atom. The molecule has 0 aliphatic heterocycles. The summed E-state index contributed by atoms with van der Waals surface area (Å²) in [4.78, 5) is 2.11. The van der Waals surface area contributed by atoms with E-state index in [1.807, 2.05) is 23.6 Å². The van der Waals surface area contributed by atoms with Crippen LogP contribution in [0.4, 0.5) is 0 Å². The highest BCUT2D eigenvalue weighted by Crippen LogP contribution is 2.36. The summed E-state index contributed by atoms with van der Waals surface area (Å²) in [6, 6.07) is 7.70. The van der Waals surface area contributed by atoms with Crippen molar-refractivity contribution in [2.75, 3.05) is 5.88 Å². The van der Waals surface area contributed by atoms with Gasteiger partial charge in [0.2, 0.25) is 0 Å². The predicted octanol–water partition coefficient (Wildman–Crippen LogP) is 3.94. The number of alkyl halides is 1. The summed E-state index contributed by atoms with van der Waals surface area (Å²) in [5.74, 6) is 0.515. The molecule has 0 saturated heterocycles. The molecule has 0 unspecified atom stereocenters. The van der Waals surface area contributed by atoms with Gasteiger partial charge in [-0.15, -0.1) is 34.3 Å². The fraction of sp³-hybridized carbons (Fsp3) is 0.429. The van der Waals surface area contributed by atoms with Crippen molar-refractivity contribution in [3.8, 4) is 0 Å². The van der Waals surface area contributed by atoms with Crippen LogP contribution in [0.3, 0.4) is 0 Å². The molecule has 0 spiro atoms. The topological polar surface area (TPSA) is 37.4 Å². The Labute approximate surface area is 138 Å². The predicted molar refractivity (Wildman–Crippen MR) is 88.8 cm³/mol. The number of hydrogen-bond donors (Lipinski definition) is 0.